The molecule has 0 aromatic carbocycles. The first-order valence-electron chi connectivity index (χ1n) is 10.2. The fourth-order valence-corrected chi connectivity index (χ4v) is 3.53. The van der Waals surface area contributed by atoms with E-state index >= 15 is 0 Å². The van der Waals surface area contributed by atoms with Crippen molar-refractivity contribution in [2.45, 2.75) is 45.7 Å². The number of aromatic nitrogens is 3. The first-order chi connectivity index (χ1) is 13.5. The number of nitrogens with zero attached hydrogens (tertiary/aromatic N) is 5. The van der Waals surface area contributed by atoms with Crippen molar-refractivity contribution in [1.82, 2.24) is 24.8 Å². The number of hydrogen-bond acceptors (Lipinski definition) is 5. The van der Waals surface area contributed by atoms with E-state index < -0.39 is 0 Å². The average Bonchev–Trinajstić information content (AvgIpc) is 3.16. The molecule has 0 bridgehead atoms. The van der Waals surface area contributed by atoms with Gasteiger partial charge >= 0.3 is 0 Å². The lowest BCUT2D eigenvalue weighted by atomic mass is 10.2. The van der Waals surface area contributed by atoms with E-state index in [0.29, 0.717) is 24.1 Å². The molecule has 3 heterocycles. The number of rotatable bonds is 7. The molecule has 152 valence electrons. The topological polar surface area (TPSA) is 66.3 Å². The SMILES string of the molecule is CC(C)c1nccn1CCCNC(=O)c1ccc(N2CCN(C)[C@H](C)C2)nc1. The second kappa shape index (κ2) is 9.19. The van der Waals surface area contributed by atoms with Crippen LogP contribution in [0.1, 0.15) is 49.3 Å². The maximum atomic E-state index is 12.4. The lowest BCUT2D eigenvalue weighted by molar-refractivity contribution is 0.0952. The summed E-state index contributed by atoms with van der Waals surface area (Å²) in [5.74, 6) is 2.36. The van der Waals surface area contributed by atoms with Gasteiger partial charge in [0.25, 0.3) is 5.91 Å². The van der Waals surface area contributed by atoms with Crippen LogP contribution in [0.15, 0.2) is 30.7 Å². The Bertz CT molecular complexity index is 769. The van der Waals surface area contributed by atoms with Crippen LogP contribution >= 0.6 is 0 Å². The first-order valence-corrected chi connectivity index (χ1v) is 10.2. The van der Waals surface area contributed by atoms with Gasteiger partial charge in [-0.3, -0.25) is 4.79 Å². The zero-order valence-corrected chi connectivity index (χ0v) is 17.4. The third-order valence-electron chi connectivity index (χ3n) is 5.42. The van der Waals surface area contributed by atoms with E-state index in [1.807, 2.05) is 24.5 Å². The summed E-state index contributed by atoms with van der Waals surface area (Å²) in [6.07, 6.45) is 6.38. The summed E-state index contributed by atoms with van der Waals surface area (Å²) in [5.41, 5.74) is 0.608. The zero-order chi connectivity index (χ0) is 20.1. The fourth-order valence-electron chi connectivity index (χ4n) is 3.53. The number of amides is 1. The molecule has 0 unspecified atom stereocenters. The molecule has 28 heavy (non-hydrogen) atoms. The van der Waals surface area contributed by atoms with Crippen molar-refractivity contribution in [2.24, 2.45) is 0 Å². The van der Waals surface area contributed by atoms with Crippen LogP contribution < -0.4 is 10.2 Å². The van der Waals surface area contributed by atoms with E-state index in [-0.39, 0.29) is 5.91 Å². The summed E-state index contributed by atoms with van der Waals surface area (Å²) >= 11 is 0. The Kier molecular flexibility index (Phi) is 6.67. The molecular weight excluding hydrogens is 352 g/mol. The minimum absolute atomic E-state index is 0.0690. The lowest BCUT2D eigenvalue weighted by Crippen LogP contribution is -2.50. The molecule has 0 spiro atoms. The molecule has 2 aromatic rings. The highest BCUT2D eigenvalue weighted by atomic mass is 16.1. The third-order valence-corrected chi connectivity index (χ3v) is 5.42. The second-order valence-corrected chi connectivity index (χ2v) is 7.92. The minimum atomic E-state index is -0.0690. The summed E-state index contributed by atoms with van der Waals surface area (Å²) in [4.78, 5) is 25.9. The second-order valence-electron chi connectivity index (χ2n) is 7.92. The highest BCUT2D eigenvalue weighted by molar-refractivity contribution is 5.94. The van der Waals surface area contributed by atoms with E-state index in [2.05, 4.69) is 57.5 Å². The highest BCUT2D eigenvalue weighted by Gasteiger charge is 2.21. The number of nitrogens with one attached hydrogen (secondary N) is 1. The molecule has 2 aromatic heterocycles. The van der Waals surface area contributed by atoms with Gasteiger partial charge in [0.15, 0.2) is 0 Å². The minimum Gasteiger partial charge on any atom is -0.354 e. The van der Waals surface area contributed by atoms with E-state index in [1.54, 1.807) is 6.20 Å². The summed E-state index contributed by atoms with van der Waals surface area (Å²) in [7, 11) is 2.15. The molecule has 7 heteroatoms. The highest BCUT2D eigenvalue weighted by Crippen LogP contribution is 2.16. The smallest absolute Gasteiger partial charge is 0.252 e. The molecule has 1 aliphatic heterocycles. The number of pyridine rings is 1. The Morgan fingerprint density at radius 1 is 1.29 bits per heavy atom. The van der Waals surface area contributed by atoms with Crippen molar-refractivity contribution in [3.63, 3.8) is 0 Å². The molecule has 7 nitrogen and oxygen atoms in total. The number of anilines is 1. The molecule has 1 aliphatic rings. The van der Waals surface area contributed by atoms with Gasteiger partial charge in [0.05, 0.1) is 5.56 Å². The standard InChI is InChI=1S/C21H32N6O/c1-16(2)20-22-9-11-26(20)10-5-8-23-21(28)18-6-7-19(24-14-18)27-13-12-25(4)17(3)15-27/h6-7,9,11,14,16-17H,5,8,10,12-13,15H2,1-4H3,(H,23,28)/t17-/m1/s1. The van der Waals surface area contributed by atoms with Crippen molar-refractivity contribution >= 4 is 11.7 Å². The Morgan fingerprint density at radius 2 is 2.11 bits per heavy atom. The molecule has 1 amide bonds. The van der Waals surface area contributed by atoms with Gasteiger partial charge in [-0.05, 0) is 32.5 Å². The van der Waals surface area contributed by atoms with Crippen LogP contribution in [0.4, 0.5) is 5.82 Å². The van der Waals surface area contributed by atoms with Crippen molar-refractivity contribution in [3.8, 4) is 0 Å². The van der Waals surface area contributed by atoms with E-state index in [1.165, 1.54) is 0 Å². The van der Waals surface area contributed by atoms with E-state index in [0.717, 1.165) is 44.2 Å². The van der Waals surface area contributed by atoms with Gasteiger partial charge in [-0.15, -0.1) is 0 Å². The summed E-state index contributed by atoms with van der Waals surface area (Å²) in [6.45, 7) is 10.9. The van der Waals surface area contributed by atoms with Gasteiger partial charge in [0, 0.05) is 63.3 Å². The quantitative estimate of drug-likeness (QED) is 0.743. The van der Waals surface area contributed by atoms with Crippen molar-refractivity contribution < 1.29 is 4.79 Å². The van der Waals surface area contributed by atoms with E-state index in [9.17, 15) is 4.79 Å². The van der Waals surface area contributed by atoms with Crippen LogP contribution in [-0.2, 0) is 6.54 Å². The number of imidazole rings is 1. The molecular formula is C21H32N6O. The van der Waals surface area contributed by atoms with Crippen LogP contribution in [0.2, 0.25) is 0 Å². The molecule has 1 atom stereocenters. The molecule has 1 saturated heterocycles. The molecule has 0 radical (unpaired) electrons. The largest absolute Gasteiger partial charge is 0.354 e. The van der Waals surface area contributed by atoms with Crippen molar-refractivity contribution in [2.75, 3.05) is 38.1 Å². The Balaban J connectivity index is 1.46. The molecule has 1 fully saturated rings. The summed E-state index contributed by atoms with van der Waals surface area (Å²) < 4.78 is 2.16. The van der Waals surface area contributed by atoms with Gasteiger partial charge < -0.3 is 19.7 Å². The fraction of sp³-hybridized carbons (Fsp3) is 0.571. The summed E-state index contributed by atoms with van der Waals surface area (Å²) in [5, 5.41) is 2.99. The first kappa shape index (κ1) is 20.3. The van der Waals surface area contributed by atoms with Crippen LogP contribution in [0.25, 0.3) is 0 Å². The van der Waals surface area contributed by atoms with Crippen LogP contribution in [0.5, 0.6) is 0 Å². The van der Waals surface area contributed by atoms with Crippen molar-refractivity contribution in [1.29, 1.82) is 0 Å². The van der Waals surface area contributed by atoms with Gasteiger partial charge in [0.2, 0.25) is 0 Å². The predicted molar refractivity (Wildman–Crippen MR) is 112 cm³/mol. The number of carbonyl (C=O) groups is 1. The van der Waals surface area contributed by atoms with Gasteiger partial charge in [-0.1, -0.05) is 13.8 Å². The number of carbonyl (C=O) groups excluding carboxylic acids is 1. The van der Waals surface area contributed by atoms with Crippen molar-refractivity contribution in [3.05, 3.63) is 42.1 Å². The zero-order valence-electron chi connectivity index (χ0n) is 17.4. The molecule has 1 N–H and O–H groups in total. The van der Waals surface area contributed by atoms with Crippen LogP contribution in [0, 0.1) is 0 Å². The van der Waals surface area contributed by atoms with Gasteiger partial charge in [0.1, 0.15) is 11.6 Å². The Labute approximate surface area is 167 Å². The molecule has 3 rings (SSSR count). The normalized spacial score (nSPS) is 17.9. The average molecular weight is 385 g/mol. The Hall–Kier alpha value is -2.41. The maximum Gasteiger partial charge on any atom is 0.252 e. The van der Waals surface area contributed by atoms with Gasteiger partial charge in [-0.2, -0.15) is 0 Å². The summed E-state index contributed by atoms with van der Waals surface area (Å²) in [6, 6.07) is 4.33. The number of aryl methyl sites for hydroxylation is 1. The maximum absolute atomic E-state index is 12.4. The van der Waals surface area contributed by atoms with E-state index in [4.69, 9.17) is 0 Å². The predicted octanol–water partition coefficient (Wildman–Crippen LogP) is 2.36. The van der Waals surface area contributed by atoms with Crippen LogP contribution in [-0.4, -0.2) is 64.6 Å². The van der Waals surface area contributed by atoms with Gasteiger partial charge in [-0.25, -0.2) is 9.97 Å². The number of piperazine rings is 1. The Morgan fingerprint density at radius 3 is 2.79 bits per heavy atom. The molecule has 0 saturated carbocycles. The third kappa shape index (κ3) is 4.90. The molecule has 0 aliphatic carbocycles. The number of hydrogen-bond donors (Lipinski definition) is 1. The van der Waals surface area contributed by atoms with Crippen LogP contribution in [0.3, 0.4) is 0 Å². The monoisotopic (exact) mass is 384 g/mol. The lowest BCUT2D eigenvalue weighted by Gasteiger charge is -2.38. The number of likely N-dealkylation sites (N-methyl/N-ethyl adjacent to an activating group) is 1.